The van der Waals surface area contributed by atoms with E-state index in [0.717, 1.165) is 31.2 Å². The fraction of sp³-hybridized carbons (Fsp3) is 0.562. The molecule has 3 rings (SSSR count). The van der Waals surface area contributed by atoms with E-state index in [1.165, 1.54) is 6.42 Å². The standard InChI is InChI=1S/C16H21NO3/c1-11-13(4-2-5-14(11)17)15(18)20-12-6-9-19-16(10-12)7-3-8-16/h2,4-5,12H,3,6-10,17H2,1H3. The van der Waals surface area contributed by atoms with Crippen LogP contribution in [0, 0.1) is 6.92 Å². The summed E-state index contributed by atoms with van der Waals surface area (Å²) in [5, 5.41) is 0. The maximum atomic E-state index is 12.3. The lowest BCUT2D eigenvalue weighted by Gasteiger charge is -2.46. The highest BCUT2D eigenvalue weighted by Crippen LogP contribution is 2.43. The van der Waals surface area contributed by atoms with Gasteiger partial charge in [0.25, 0.3) is 0 Å². The van der Waals surface area contributed by atoms with E-state index in [1.54, 1.807) is 18.2 Å². The molecule has 0 bridgehead atoms. The molecule has 1 aromatic carbocycles. The summed E-state index contributed by atoms with van der Waals surface area (Å²) >= 11 is 0. The predicted molar refractivity (Wildman–Crippen MR) is 76.6 cm³/mol. The Morgan fingerprint density at radius 2 is 2.25 bits per heavy atom. The molecule has 20 heavy (non-hydrogen) atoms. The monoisotopic (exact) mass is 275 g/mol. The Bertz CT molecular complexity index is 522. The third-order valence-electron chi connectivity index (χ3n) is 4.58. The normalized spacial score (nSPS) is 24.1. The second-order valence-corrected chi connectivity index (χ2v) is 5.92. The lowest BCUT2D eigenvalue weighted by Crippen LogP contribution is -2.48. The van der Waals surface area contributed by atoms with Gasteiger partial charge < -0.3 is 15.2 Å². The second kappa shape index (κ2) is 5.09. The minimum Gasteiger partial charge on any atom is -0.459 e. The molecule has 4 nitrogen and oxygen atoms in total. The number of carbonyl (C=O) groups excluding carboxylic acids is 1. The first-order valence-electron chi connectivity index (χ1n) is 7.30. The zero-order valence-electron chi connectivity index (χ0n) is 11.9. The first-order valence-corrected chi connectivity index (χ1v) is 7.30. The summed E-state index contributed by atoms with van der Waals surface area (Å²) in [4.78, 5) is 12.3. The van der Waals surface area contributed by atoms with Gasteiger partial charge in [0.2, 0.25) is 0 Å². The molecule has 0 radical (unpaired) electrons. The topological polar surface area (TPSA) is 61.6 Å². The van der Waals surface area contributed by atoms with Crippen LogP contribution in [0.15, 0.2) is 18.2 Å². The Balaban J connectivity index is 1.68. The first kappa shape index (κ1) is 13.4. The van der Waals surface area contributed by atoms with Crippen LogP contribution in [0.3, 0.4) is 0 Å². The summed E-state index contributed by atoms with van der Waals surface area (Å²) in [6.45, 7) is 2.54. The van der Waals surface area contributed by atoms with E-state index in [1.807, 2.05) is 6.92 Å². The maximum Gasteiger partial charge on any atom is 0.338 e. The lowest BCUT2D eigenvalue weighted by atomic mass is 9.74. The van der Waals surface area contributed by atoms with Crippen LogP contribution < -0.4 is 5.73 Å². The molecule has 2 fully saturated rings. The third-order valence-corrected chi connectivity index (χ3v) is 4.58. The summed E-state index contributed by atoms with van der Waals surface area (Å²) in [7, 11) is 0. The molecule has 1 saturated carbocycles. The van der Waals surface area contributed by atoms with Crippen molar-refractivity contribution < 1.29 is 14.3 Å². The van der Waals surface area contributed by atoms with Gasteiger partial charge in [-0.3, -0.25) is 0 Å². The molecule has 1 heterocycles. The fourth-order valence-electron chi connectivity index (χ4n) is 3.09. The predicted octanol–water partition coefficient (Wildman–Crippen LogP) is 2.84. The van der Waals surface area contributed by atoms with Crippen molar-refractivity contribution in [3.8, 4) is 0 Å². The summed E-state index contributed by atoms with van der Waals surface area (Å²) in [6.07, 6.45) is 5.00. The highest BCUT2D eigenvalue weighted by atomic mass is 16.6. The zero-order valence-corrected chi connectivity index (χ0v) is 11.9. The summed E-state index contributed by atoms with van der Waals surface area (Å²) < 4.78 is 11.5. The van der Waals surface area contributed by atoms with Gasteiger partial charge in [0.1, 0.15) is 6.10 Å². The van der Waals surface area contributed by atoms with E-state index >= 15 is 0 Å². The Hall–Kier alpha value is -1.55. The van der Waals surface area contributed by atoms with Gasteiger partial charge in [-0.15, -0.1) is 0 Å². The molecule has 2 N–H and O–H groups in total. The van der Waals surface area contributed by atoms with E-state index in [0.29, 0.717) is 17.9 Å². The number of carbonyl (C=O) groups is 1. The number of anilines is 1. The number of nitrogen functional groups attached to an aromatic ring is 1. The lowest BCUT2D eigenvalue weighted by molar-refractivity contribution is -0.159. The van der Waals surface area contributed by atoms with Crippen LogP contribution >= 0.6 is 0 Å². The molecule has 0 amide bonds. The molecular formula is C16H21NO3. The van der Waals surface area contributed by atoms with Crippen LogP contribution in [0.2, 0.25) is 0 Å². The van der Waals surface area contributed by atoms with Gasteiger partial charge in [0.15, 0.2) is 0 Å². The molecule has 1 unspecified atom stereocenters. The minimum atomic E-state index is -0.267. The van der Waals surface area contributed by atoms with E-state index < -0.39 is 0 Å². The number of ether oxygens (including phenoxy) is 2. The average molecular weight is 275 g/mol. The third kappa shape index (κ3) is 2.40. The van der Waals surface area contributed by atoms with E-state index in [2.05, 4.69) is 0 Å². The quantitative estimate of drug-likeness (QED) is 0.666. The van der Waals surface area contributed by atoms with Gasteiger partial charge >= 0.3 is 5.97 Å². The SMILES string of the molecule is Cc1c(N)cccc1C(=O)OC1CCOC2(CCC2)C1. The number of hydrogen-bond donors (Lipinski definition) is 1. The van der Waals surface area contributed by atoms with Crippen molar-refractivity contribution in [2.45, 2.75) is 50.7 Å². The largest absolute Gasteiger partial charge is 0.459 e. The molecule has 2 aliphatic rings. The van der Waals surface area contributed by atoms with Crippen LogP contribution in [0.4, 0.5) is 5.69 Å². The highest BCUT2D eigenvalue weighted by molar-refractivity contribution is 5.92. The number of esters is 1. The minimum absolute atomic E-state index is 0.00600. The molecule has 4 heteroatoms. The summed E-state index contributed by atoms with van der Waals surface area (Å²) in [6, 6.07) is 5.35. The second-order valence-electron chi connectivity index (χ2n) is 5.92. The van der Waals surface area contributed by atoms with Crippen LogP contribution in [0.1, 0.15) is 48.0 Å². The fourth-order valence-corrected chi connectivity index (χ4v) is 3.09. The summed E-state index contributed by atoms with van der Waals surface area (Å²) in [5.41, 5.74) is 7.82. The molecule has 1 aliphatic heterocycles. The van der Waals surface area contributed by atoms with Crippen LogP contribution in [0.5, 0.6) is 0 Å². The Morgan fingerprint density at radius 1 is 1.45 bits per heavy atom. The van der Waals surface area contributed by atoms with Gasteiger partial charge in [-0.2, -0.15) is 0 Å². The molecule has 1 saturated heterocycles. The molecule has 0 aromatic heterocycles. The van der Waals surface area contributed by atoms with Gasteiger partial charge in [-0.25, -0.2) is 4.79 Å². The molecule has 1 aromatic rings. The maximum absolute atomic E-state index is 12.3. The van der Waals surface area contributed by atoms with Crippen LogP contribution in [-0.2, 0) is 9.47 Å². The highest BCUT2D eigenvalue weighted by Gasteiger charge is 2.43. The van der Waals surface area contributed by atoms with E-state index in [4.69, 9.17) is 15.2 Å². The van der Waals surface area contributed by atoms with Crippen LogP contribution in [0.25, 0.3) is 0 Å². The smallest absolute Gasteiger partial charge is 0.338 e. The van der Waals surface area contributed by atoms with Gasteiger partial charge in [0, 0.05) is 18.5 Å². The zero-order chi connectivity index (χ0) is 14.2. The van der Waals surface area contributed by atoms with Gasteiger partial charge in [-0.1, -0.05) is 6.07 Å². The van der Waals surface area contributed by atoms with Crippen LogP contribution in [-0.4, -0.2) is 24.3 Å². The number of hydrogen-bond acceptors (Lipinski definition) is 4. The molecule has 1 spiro atoms. The molecule has 108 valence electrons. The number of nitrogens with two attached hydrogens (primary N) is 1. The van der Waals surface area contributed by atoms with Crippen molar-refractivity contribution in [1.82, 2.24) is 0 Å². The molecule has 1 atom stereocenters. The van der Waals surface area contributed by atoms with Crippen molar-refractivity contribution in [3.63, 3.8) is 0 Å². The average Bonchev–Trinajstić information content (AvgIpc) is 2.40. The van der Waals surface area contributed by atoms with Crippen molar-refractivity contribution in [3.05, 3.63) is 29.3 Å². The van der Waals surface area contributed by atoms with E-state index in [-0.39, 0.29) is 17.7 Å². The van der Waals surface area contributed by atoms with Gasteiger partial charge in [-0.05, 0) is 43.9 Å². The number of benzene rings is 1. The van der Waals surface area contributed by atoms with Crippen molar-refractivity contribution in [1.29, 1.82) is 0 Å². The van der Waals surface area contributed by atoms with Crippen molar-refractivity contribution >= 4 is 11.7 Å². The van der Waals surface area contributed by atoms with Crippen molar-refractivity contribution in [2.75, 3.05) is 12.3 Å². The Morgan fingerprint density at radius 3 is 2.95 bits per heavy atom. The van der Waals surface area contributed by atoms with E-state index in [9.17, 15) is 4.79 Å². The Labute approximate surface area is 119 Å². The summed E-state index contributed by atoms with van der Waals surface area (Å²) in [5.74, 6) is -0.267. The first-order chi connectivity index (χ1) is 9.60. The molecule has 1 aliphatic carbocycles. The van der Waals surface area contributed by atoms with Gasteiger partial charge in [0.05, 0.1) is 17.8 Å². The molecular weight excluding hydrogens is 254 g/mol. The Kier molecular flexibility index (Phi) is 3.42. The number of rotatable bonds is 2. The van der Waals surface area contributed by atoms with Crippen molar-refractivity contribution in [2.24, 2.45) is 0 Å².